The smallest absolute Gasteiger partial charge is 0.294 e. The number of rotatable bonds is 5. The highest BCUT2D eigenvalue weighted by molar-refractivity contribution is 8.18. The van der Waals surface area contributed by atoms with E-state index >= 15 is 0 Å². The second kappa shape index (κ2) is 7.09. The first-order valence-electron chi connectivity index (χ1n) is 7.76. The van der Waals surface area contributed by atoms with E-state index in [1.165, 1.54) is 7.11 Å². The maximum absolute atomic E-state index is 12.3. The Morgan fingerprint density at radius 2 is 2.21 bits per heavy atom. The minimum Gasteiger partial charge on any atom is -0.497 e. The molecule has 1 saturated carbocycles. The summed E-state index contributed by atoms with van der Waals surface area (Å²) in [6.45, 7) is -0.288. The molecule has 2 aliphatic rings. The number of allylic oxidation sites excluding steroid dienone is 1. The monoisotopic (exact) mass is 346 g/mol. The fourth-order valence-electron chi connectivity index (χ4n) is 2.52. The molecule has 6 nitrogen and oxygen atoms in total. The van der Waals surface area contributed by atoms with Crippen molar-refractivity contribution in [3.8, 4) is 5.75 Å². The first kappa shape index (κ1) is 16.6. The first-order chi connectivity index (χ1) is 11.6. The van der Waals surface area contributed by atoms with Gasteiger partial charge in [0.1, 0.15) is 12.3 Å². The van der Waals surface area contributed by atoms with Crippen LogP contribution in [0.15, 0.2) is 35.2 Å². The lowest BCUT2D eigenvalue weighted by atomic mass is 9.85. The molecule has 3 rings (SSSR count). The number of hydrogen-bond acceptors (Lipinski definition) is 5. The van der Waals surface area contributed by atoms with Gasteiger partial charge in [0.05, 0.1) is 12.0 Å². The van der Waals surface area contributed by atoms with Crippen LogP contribution in [0.1, 0.15) is 19.3 Å². The second-order valence-corrected chi connectivity index (χ2v) is 6.75. The van der Waals surface area contributed by atoms with Gasteiger partial charge in [-0.2, -0.15) is 0 Å². The molecular weight excluding hydrogens is 328 g/mol. The number of carbonyl (C=O) groups excluding carboxylic acids is 3. The standard InChI is InChI=1S/C17H18N2O4S/c1-23-13-7-3-6-12(9-13)18-15(20)10-19-16(21)14(24-17(19)22)8-11-4-2-5-11/h3,6-9,11H,2,4-5,10H2,1H3,(H,18,20)/b14-8-. The van der Waals surface area contributed by atoms with E-state index in [1.807, 2.05) is 6.08 Å². The van der Waals surface area contributed by atoms with E-state index in [9.17, 15) is 14.4 Å². The zero-order chi connectivity index (χ0) is 17.1. The van der Waals surface area contributed by atoms with Crippen LogP contribution in [-0.2, 0) is 9.59 Å². The fraction of sp³-hybridized carbons (Fsp3) is 0.353. The van der Waals surface area contributed by atoms with E-state index in [-0.39, 0.29) is 12.5 Å². The van der Waals surface area contributed by atoms with E-state index in [2.05, 4.69) is 5.32 Å². The van der Waals surface area contributed by atoms with Crippen LogP contribution in [0, 0.1) is 5.92 Å². The van der Waals surface area contributed by atoms with Crippen LogP contribution >= 0.6 is 11.8 Å². The minimum absolute atomic E-state index is 0.288. The van der Waals surface area contributed by atoms with Crippen LogP contribution in [0.2, 0.25) is 0 Å². The lowest BCUT2D eigenvalue weighted by Gasteiger charge is -2.21. The lowest BCUT2D eigenvalue weighted by Crippen LogP contribution is -2.36. The number of nitrogens with one attached hydrogen (secondary N) is 1. The molecule has 7 heteroatoms. The number of anilines is 1. The molecule has 0 aromatic heterocycles. The highest BCUT2D eigenvalue weighted by Gasteiger charge is 2.37. The van der Waals surface area contributed by atoms with Gasteiger partial charge < -0.3 is 10.1 Å². The molecule has 1 heterocycles. The number of amides is 3. The predicted molar refractivity (Wildman–Crippen MR) is 91.7 cm³/mol. The molecule has 1 aliphatic heterocycles. The van der Waals surface area contributed by atoms with Crippen molar-refractivity contribution in [2.45, 2.75) is 19.3 Å². The Morgan fingerprint density at radius 1 is 1.42 bits per heavy atom. The molecule has 0 unspecified atom stereocenters. The number of benzene rings is 1. The number of methoxy groups -OCH3 is 1. The molecule has 1 aliphatic carbocycles. The van der Waals surface area contributed by atoms with Crippen LogP contribution in [0.25, 0.3) is 0 Å². The molecule has 1 aromatic rings. The average Bonchev–Trinajstić information content (AvgIpc) is 2.78. The maximum Gasteiger partial charge on any atom is 0.294 e. The number of hydrogen-bond donors (Lipinski definition) is 1. The van der Waals surface area contributed by atoms with Crippen molar-refractivity contribution < 1.29 is 19.1 Å². The number of nitrogens with zero attached hydrogens (tertiary/aromatic N) is 1. The zero-order valence-corrected chi connectivity index (χ0v) is 14.1. The van der Waals surface area contributed by atoms with E-state index in [0.29, 0.717) is 22.3 Å². The molecule has 0 radical (unpaired) electrons. The third-order valence-electron chi connectivity index (χ3n) is 4.07. The summed E-state index contributed by atoms with van der Waals surface area (Å²) in [5.41, 5.74) is 0.552. The Morgan fingerprint density at radius 3 is 2.88 bits per heavy atom. The molecule has 126 valence electrons. The van der Waals surface area contributed by atoms with Crippen molar-refractivity contribution in [3.63, 3.8) is 0 Å². The topological polar surface area (TPSA) is 75.7 Å². The van der Waals surface area contributed by atoms with Crippen LogP contribution < -0.4 is 10.1 Å². The van der Waals surface area contributed by atoms with Gasteiger partial charge >= 0.3 is 0 Å². The molecule has 1 N–H and O–H groups in total. The molecule has 1 saturated heterocycles. The van der Waals surface area contributed by atoms with Crippen molar-refractivity contribution >= 4 is 34.5 Å². The molecule has 24 heavy (non-hydrogen) atoms. The summed E-state index contributed by atoms with van der Waals surface area (Å²) in [7, 11) is 1.54. The Kier molecular flexibility index (Phi) is 4.89. The number of ether oxygens (including phenoxy) is 1. The number of thioether (sulfide) groups is 1. The minimum atomic E-state index is -0.421. The SMILES string of the molecule is COc1cccc(NC(=O)CN2C(=O)S/C(=C\C3CCC3)C2=O)c1. The summed E-state index contributed by atoms with van der Waals surface area (Å²) < 4.78 is 5.09. The van der Waals surface area contributed by atoms with E-state index in [0.717, 1.165) is 35.9 Å². The van der Waals surface area contributed by atoms with Crippen molar-refractivity contribution in [3.05, 3.63) is 35.2 Å². The summed E-state index contributed by atoms with van der Waals surface area (Å²) in [6.07, 6.45) is 5.14. The summed E-state index contributed by atoms with van der Waals surface area (Å²) in [6, 6.07) is 6.89. The van der Waals surface area contributed by atoms with Crippen LogP contribution in [0.4, 0.5) is 10.5 Å². The Labute approximate surface area is 144 Å². The molecular formula is C17H18N2O4S. The van der Waals surface area contributed by atoms with Gasteiger partial charge in [-0.05, 0) is 42.7 Å². The second-order valence-electron chi connectivity index (χ2n) is 5.76. The summed E-state index contributed by atoms with van der Waals surface area (Å²) in [4.78, 5) is 37.9. The van der Waals surface area contributed by atoms with Gasteiger partial charge in [0.25, 0.3) is 11.1 Å². The Bertz CT molecular complexity index is 712. The highest BCUT2D eigenvalue weighted by atomic mass is 32.2. The fourth-order valence-corrected chi connectivity index (χ4v) is 3.42. The predicted octanol–water partition coefficient (Wildman–Crippen LogP) is 3.01. The highest BCUT2D eigenvalue weighted by Crippen LogP contribution is 2.36. The number of carbonyl (C=O) groups is 3. The zero-order valence-electron chi connectivity index (χ0n) is 13.3. The van der Waals surface area contributed by atoms with Gasteiger partial charge in [-0.3, -0.25) is 19.3 Å². The summed E-state index contributed by atoms with van der Waals surface area (Å²) in [5, 5.41) is 2.27. The molecule has 3 amide bonds. The molecule has 0 bridgehead atoms. The van der Waals surface area contributed by atoms with Gasteiger partial charge in [-0.1, -0.05) is 18.6 Å². The normalized spacial score (nSPS) is 19.5. The molecule has 1 aromatic carbocycles. The largest absolute Gasteiger partial charge is 0.497 e. The first-order valence-corrected chi connectivity index (χ1v) is 8.58. The van der Waals surface area contributed by atoms with Crippen LogP contribution in [-0.4, -0.2) is 35.6 Å². The summed E-state index contributed by atoms with van der Waals surface area (Å²) in [5.74, 6) is 0.199. The van der Waals surface area contributed by atoms with Crippen LogP contribution in [0.3, 0.4) is 0 Å². The maximum atomic E-state index is 12.3. The number of imide groups is 1. The van der Waals surface area contributed by atoms with Crippen molar-refractivity contribution in [2.75, 3.05) is 19.0 Å². The van der Waals surface area contributed by atoms with Crippen molar-refractivity contribution in [2.24, 2.45) is 5.92 Å². The quantitative estimate of drug-likeness (QED) is 0.830. The van der Waals surface area contributed by atoms with Gasteiger partial charge in [-0.25, -0.2) is 0 Å². The molecule has 0 spiro atoms. The molecule has 2 fully saturated rings. The Hall–Kier alpha value is -2.28. The lowest BCUT2D eigenvalue weighted by molar-refractivity contribution is -0.127. The average molecular weight is 346 g/mol. The van der Waals surface area contributed by atoms with E-state index < -0.39 is 11.1 Å². The van der Waals surface area contributed by atoms with Gasteiger partial charge in [-0.15, -0.1) is 0 Å². The Balaban J connectivity index is 1.62. The molecule has 0 atom stereocenters. The van der Waals surface area contributed by atoms with E-state index in [4.69, 9.17) is 4.74 Å². The van der Waals surface area contributed by atoms with Gasteiger partial charge in [0, 0.05) is 11.8 Å². The van der Waals surface area contributed by atoms with Crippen molar-refractivity contribution in [1.82, 2.24) is 4.90 Å². The van der Waals surface area contributed by atoms with Gasteiger partial charge in [0.15, 0.2) is 0 Å². The van der Waals surface area contributed by atoms with Gasteiger partial charge in [0.2, 0.25) is 5.91 Å². The van der Waals surface area contributed by atoms with Crippen molar-refractivity contribution in [1.29, 1.82) is 0 Å². The third kappa shape index (κ3) is 3.62. The van der Waals surface area contributed by atoms with Crippen LogP contribution in [0.5, 0.6) is 5.75 Å². The van der Waals surface area contributed by atoms with E-state index in [1.54, 1.807) is 24.3 Å². The summed E-state index contributed by atoms with van der Waals surface area (Å²) >= 11 is 0.912. The third-order valence-corrected chi connectivity index (χ3v) is 4.99.